The number of carbonyl (C=O) groups is 1. The van der Waals surface area contributed by atoms with Gasteiger partial charge in [-0.3, -0.25) is 0 Å². The maximum absolute atomic E-state index is 13.7. The molecule has 0 spiro atoms. The summed E-state index contributed by atoms with van der Waals surface area (Å²) < 4.78 is 36.2. The molecule has 0 radical (unpaired) electrons. The minimum Gasteiger partial charge on any atom is -0.495 e. The number of ether oxygens (including phenoxy) is 2. The summed E-state index contributed by atoms with van der Waals surface area (Å²) in [4.78, 5) is 11.0. The fourth-order valence-corrected chi connectivity index (χ4v) is 1.76. The van der Waals surface area contributed by atoms with Crippen molar-refractivity contribution in [1.82, 2.24) is 0 Å². The number of halogens is 4. The summed E-state index contributed by atoms with van der Waals surface area (Å²) in [6.45, 7) is 0. The molecule has 7 heteroatoms. The van der Waals surface area contributed by atoms with Gasteiger partial charge in [-0.1, -0.05) is 23.2 Å². The van der Waals surface area contributed by atoms with Crippen molar-refractivity contribution >= 4 is 29.2 Å². The van der Waals surface area contributed by atoms with E-state index in [0.717, 1.165) is 20.3 Å². The van der Waals surface area contributed by atoms with Gasteiger partial charge in [0.05, 0.1) is 29.8 Å². The van der Waals surface area contributed by atoms with Crippen LogP contribution in [-0.2, 0) is 15.5 Å². The monoisotopic (exact) mass is 284 g/mol. The summed E-state index contributed by atoms with van der Waals surface area (Å²) in [5, 5.41) is -0.405. The molecule has 0 unspecified atom stereocenters. The van der Waals surface area contributed by atoms with E-state index in [-0.39, 0.29) is 15.8 Å². The minimum absolute atomic E-state index is 0.0736. The molecule has 0 saturated heterocycles. The number of alkyl halides is 2. The molecule has 17 heavy (non-hydrogen) atoms. The van der Waals surface area contributed by atoms with Gasteiger partial charge in [-0.15, -0.1) is 0 Å². The van der Waals surface area contributed by atoms with Crippen LogP contribution in [0.4, 0.5) is 8.78 Å². The summed E-state index contributed by atoms with van der Waals surface area (Å²) in [6, 6.07) is 2.44. The Morgan fingerprint density at radius 3 is 2.24 bits per heavy atom. The minimum atomic E-state index is -3.93. The van der Waals surface area contributed by atoms with E-state index in [9.17, 15) is 13.6 Å². The Labute approximate surface area is 106 Å². The van der Waals surface area contributed by atoms with Crippen molar-refractivity contribution in [1.29, 1.82) is 0 Å². The van der Waals surface area contributed by atoms with Gasteiger partial charge >= 0.3 is 11.9 Å². The van der Waals surface area contributed by atoms with Crippen molar-refractivity contribution in [2.24, 2.45) is 0 Å². The molecule has 0 aliphatic carbocycles. The van der Waals surface area contributed by atoms with Gasteiger partial charge in [-0.25, -0.2) is 4.79 Å². The average Bonchev–Trinajstić information content (AvgIpc) is 2.30. The Balaban J connectivity index is 3.49. The molecule has 0 aliphatic rings. The van der Waals surface area contributed by atoms with E-state index in [0.29, 0.717) is 0 Å². The Morgan fingerprint density at radius 1 is 1.24 bits per heavy atom. The molecule has 0 aromatic heterocycles. The Bertz CT molecular complexity index is 449. The van der Waals surface area contributed by atoms with Crippen LogP contribution in [0.3, 0.4) is 0 Å². The average molecular weight is 285 g/mol. The van der Waals surface area contributed by atoms with Crippen LogP contribution in [0.2, 0.25) is 10.0 Å². The first-order valence-corrected chi connectivity index (χ1v) is 5.10. The third-order valence-electron chi connectivity index (χ3n) is 2.02. The Morgan fingerprint density at radius 2 is 1.76 bits per heavy atom. The molecule has 0 saturated carbocycles. The molecule has 0 fully saturated rings. The van der Waals surface area contributed by atoms with Gasteiger partial charge in [-0.2, -0.15) is 8.78 Å². The van der Waals surface area contributed by atoms with Crippen molar-refractivity contribution in [2.45, 2.75) is 5.92 Å². The van der Waals surface area contributed by atoms with E-state index in [1.807, 2.05) is 0 Å². The van der Waals surface area contributed by atoms with Crippen molar-refractivity contribution in [2.75, 3.05) is 14.2 Å². The van der Waals surface area contributed by atoms with Gasteiger partial charge in [0, 0.05) is 0 Å². The van der Waals surface area contributed by atoms with Gasteiger partial charge < -0.3 is 9.47 Å². The summed E-state index contributed by atoms with van der Waals surface area (Å²) in [5.41, 5.74) is -0.805. The van der Waals surface area contributed by atoms with Crippen LogP contribution in [0.5, 0.6) is 5.75 Å². The van der Waals surface area contributed by atoms with Crippen molar-refractivity contribution in [3.05, 3.63) is 27.7 Å². The molecule has 0 amide bonds. The number of hydrogen-bond donors (Lipinski definition) is 0. The standard InChI is InChI=1S/C10H8Cl2F2O3/c1-16-8-6(12)4-3-5(11)7(8)10(13,14)9(15)17-2/h3-4H,1-2H3. The second kappa shape index (κ2) is 5.06. The topological polar surface area (TPSA) is 35.5 Å². The number of rotatable bonds is 3. The molecular weight excluding hydrogens is 277 g/mol. The summed E-state index contributed by atoms with van der Waals surface area (Å²) in [7, 11) is 2.00. The SMILES string of the molecule is COC(=O)C(F)(F)c1c(Cl)ccc(Cl)c1OC. The molecule has 0 aliphatic heterocycles. The van der Waals surface area contributed by atoms with Crippen LogP contribution in [0.25, 0.3) is 0 Å². The number of carbonyl (C=O) groups excluding carboxylic acids is 1. The quantitative estimate of drug-likeness (QED) is 0.799. The number of methoxy groups -OCH3 is 2. The van der Waals surface area contributed by atoms with E-state index in [4.69, 9.17) is 27.9 Å². The van der Waals surface area contributed by atoms with Crippen molar-refractivity contribution in [3.8, 4) is 5.75 Å². The van der Waals surface area contributed by atoms with Gasteiger partial charge in [0.15, 0.2) is 0 Å². The van der Waals surface area contributed by atoms with E-state index in [1.165, 1.54) is 6.07 Å². The van der Waals surface area contributed by atoms with Gasteiger partial charge in [-0.05, 0) is 12.1 Å². The van der Waals surface area contributed by atoms with E-state index in [2.05, 4.69) is 4.74 Å². The zero-order chi connectivity index (χ0) is 13.2. The lowest BCUT2D eigenvalue weighted by Gasteiger charge is -2.19. The van der Waals surface area contributed by atoms with Crippen LogP contribution >= 0.6 is 23.2 Å². The fourth-order valence-electron chi connectivity index (χ4n) is 1.26. The lowest BCUT2D eigenvalue weighted by Crippen LogP contribution is -2.28. The fraction of sp³-hybridized carbons (Fsp3) is 0.300. The molecule has 1 rings (SSSR count). The Kier molecular flexibility index (Phi) is 4.16. The van der Waals surface area contributed by atoms with Crippen LogP contribution in [-0.4, -0.2) is 20.2 Å². The maximum atomic E-state index is 13.7. The van der Waals surface area contributed by atoms with Gasteiger partial charge in [0.2, 0.25) is 0 Å². The largest absolute Gasteiger partial charge is 0.495 e. The van der Waals surface area contributed by atoms with Crippen LogP contribution < -0.4 is 4.74 Å². The molecule has 94 valence electrons. The van der Waals surface area contributed by atoms with E-state index in [1.54, 1.807) is 0 Å². The smallest absolute Gasteiger partial charge is 0.381 e. The highest BCUT2D eigenvalue weighted by molar-refractivity contribution is 6.35. The second-order valence-electron chi connectivity index (χ2n) is 3.00. The molecule has 0 bridgehead atoms. The molecule has 0 heterocycles. The first kappa shape index (κ1) is 14.0. The zero-order valence-electron chi connectivity index (χ0n) is 8.89. The highest BCUT2D eigenvalue weighted by Gasteiger charge is 2.47. The van der Waals surface area contributed by atoms with Gasteiger partial charge in [0.25, 0.3) is 0 Å². The number of hydrogen-bond acceptors (Lipinski definition) is 3. The third kappa shape index (κ3) is 2.45. The molecule has 3 nitrogen and oxygen atoms in total. The predicted octanol–water partition coefficient (Wildman–Crippen LogP) is 3.27. The molecule has 1 aromatic rings. The zero-order valence-corrected chi connectivity index (χ0v) is 10.4. The van der Waals surface area contributed by atoms with Crippen molar-refractivity contribution < 1.29 is 23.0 Å². The van der Waals surface area contributed by atoms with Gasteiger partial charge in [0.1, 0.15) is 5.75 Å². The number of esters is 1. The number of benzene rings is 1. The highest BCUT2D eigenvalue weighted by atomic mass is 35.5. The van der Waals surface area contributed by atoms with Crippen LogP contribution in [0.1, 0.15) is 5.56 Å². The molecule has 0 atom stereocenters. The summed E-state index contributed by atoms with van der Waals surface area (Å²) in [6.07, 6.45) is 0. The van der Waals surface area contributed by atoms with Crippen molar-refractivity contribution in [3.63, 3.8) is 0 Å². The maximum Gasteiger partial charge on any atom is 0.381 e. The predicted molar refractivity (Wildman–Crippen MR) is 58.9 cm³/mol. The third-order valence-corrected chi connectivity index (χ3v) is 2.63. The molecule has 1 aromatic carbocycles. The molecular formula is C10H8Cl2F2O3. The lowest BCUT2D eigenvalue weighted by atomic mass is 10.1. The second-order valence-corrected chi connectivity index (χ2v) is 3.82. The normalized spacial score (nSPS) is 11.2. The molecule has 0 N–H and O–H groups in total. The van der Waals surface area contributed by atoms with E-state index >= 15 is 0 Å². The Hall–Kier alpha value is -1.07. The first-order chi connectivity index (χ1) is 7.86. The summed E-state index contributed by atoms with van der Waals surface area (Å²) in [5.74, 6) is -6.02. The van der Waals surface area contributed by atoms with Crippen LogP contribution in [0, 0.1) is 0 Å². The summed E-state index contributed by atoms with van der Waals surface area (Å²) >= 11 is 11.3. The lowest BCUT2D eigenvalue weighted by molar-refractivity contribution is -0.170. The first-order valence-electron chi connectivity index (χ1n) is 4.35. The van der Waals surface area contributed by atoms with E-state index < -0.39 is 17.5 Å². The van der Waals surface area contributed by atoms with Crippen LogP contribution in [0.15, 0.2) is 12.1 Å². The highest BCUT2D eigenvalue weighted by Crippen LogP contribution is 2.44.